The summed E-state index contributed by atoms with van der Waals surface area (Å²) in [4.78, 5) is 13.4. The SMILES string of the molecule is CSC1CC(C)(C)C[C@H]2CCC3[C@H](CC[C@]4(C)[C@@H](C(=O)Cn5cc(C#N)cn5)CC[C@@H]34)[C@@H]12. The van der Waals surface area contributed by atoms with Gasteiger partial charge in [-0.1, -0.05) is 20.8 Å². The number of carbonyl (C=O) groups excluding carboxylic acids is 1. The van der Waals surface area contributed by atoms with Crippen LogP contribution < -0.4 is 0 Å². The monoisotopic (exact) mass is 453 g/mol. The topological polar surface area (TPSA) is 58.7 Å². The highest BCUT2D eigenvalue weighted by Gasteiger charge is 2.59. The summed E-state index contributed by atoms with van der Waals surface area (Å²) in [6, 6.07) is 2.11. The fourth-order valence-corrected chi connectivity index (χ4v) is 10.4. The lowest BCUT2D eigenvalue weighted by atomic mass is 9.48. The number of ketones is 1. The molecule has 5 heteroatoms. The molecule has 1 aromatic rings. The molecule has 0 amide bonds. The van der Waals surface area contributed by atoms with Crippen LogP contribution >= 0.6 is 11.8 Å². The summed E-state index contributed by atoms with van der Waals surface area (Å²) in [6.45, 7) is 7.73. The van der Waals surface area contributed by atoms with Crippen molar-refractivity contribution < 1.29 is 4.79 Å². The summed E-state index contributed by atoms with van der Waals surface area (Å²) in [5.41, 5.74) is 1.18. The summed E-state index contributed by atoms with van der Waals surface area (Å²) >= 11 is 2.14. The third-order valence-corrected chi connectivity index (χ3v) is 11.3. The molecule has 0 bridgehead atoms. The van der Waals surface area contributed by atoms with Gasteiger partial charge in [0.25, 0.3) is 0 Å². The number of carbonyl (C=O) groups is 1. The zero-order chi connectivity index (χ0) is 22.7. The van der Waals surface area contributed by atoms with Gasteiger partial charge in [-0.05, 0) is 98.0 Å². The summed E-state index contributed by atoms with van der Waals surface area (Å²) in [6.07, 6.45) is 16.0. The fourth-order valence-electron chi connectivity index (χ4n) is 9.00. The van der Waals surface area contributed by atoms with Crippen LogP contribution in [0.5, 0.6) is 0 Å². The van der Waals surface area contributed by atoms with Gasteiger partial charge in [-0.2, -0.15) is 22.1 Å². The van der Waals surface area contributed by atoms with E-state index in [9.17, 15) is 4.79 Å². The van der Waals surface area contributed by atoms with E-state index in [1.165, 1.54) is 44.9 Å². The van der Waals surface area contributed by atoms with Gasteiger partial charge in [0.15, 0.2) is 5.78 Å². The van der Waals surface area contributed by atoms with Crippen molar-refractivity contribution in [1.82, 2.24) is 9.78 Å². The maximum atomic E-state index is 13.4. The van der Waals surface area contributed by atoms with Gasteiger partial charge in [0.2, 0.25) is 0 Å². The van der Waals surface area contributed by atoms with Gasteiger partial charge in [0, 0.05) is 17.4 Å². The van der Waals surface area contributed by atoms with Crippen molar-refractivity contribution in [1.29, 1.82) is 5.26 Å². The molecule has 4 fully saturated rings. The van der Waals surface area contributed by atoms with E-state index in [0.717, 1.165) is 35.3 Å². The number of fused-ring (bicyclic) bond motifs is 5. The Morgan fingerprint density at radius 1 is 1.19 bits per heavy atom. The maximum Gasteiger partial charge on any atom is 0.157 e. The van der Waals surface area contributed by atoms with E-state index in [1.807, 2.05) is 0 Å². The van der Waals surface area contributed by atoms with E-state index >= 15 is 0 Å². The van der Waals surface area contributed by atoms with Gasteiger partial charge in [-0.15, -0.1) is 0 Å². The van der Waals surface area contributed by atoms with Crippen LogP contribution in [0.25, 0.3) is 0 Å². The molecule has 5 rings (SSSR count). The van der Waals surface area contributed by atoms with Gasteiger partial charge < -0.3 is 0 Å². The van der Waals surface area contributed by atoms with Crippen molar-refractivity contribution in [2.45, 2.75) is 83.9 Å². The van der Waals surface area contributed by atoms with Crippen molar-refractivity contribution in [2.24, 2.45) is 46.3 Å². The molecule has 4 nitrogen and oxygen atoms in total. The van der Waals surface area contributed by atoms with Crippen LogP contribution in [0.4, 0.5) is 0 Å². The van der Waals surface area contributed by atoms with Gasteiger partial charge in [-0.25, -0.2) is 0 Å². The molecule has 1 aromatic heterocycles. The zero-order valence-electron chi connectivity index (χ0n) is 20.2. The lowest BCUT2D eigenvalue weighted by Gasteiger charge is -2.59. The Bertz CT molecular complexity index is 906. The van der Waals surface area contributed by atoms with E-state index in [-0.39, 0.29) is 11.3 Å². The minimum absolute atomic E-state index is 0.152. The Labute approximate surface area is 197 Å². The Kier molecular flexibility index (Phi) is 5.76. The van der Waals surface area contributed by atoms with Crippen molar-refractivity contribution in [3.8, 4) is 6.07 Å². The minimum atomic E-state index is 0.152. The second kappa shape index (κ2) is 8.19. The summed E-state index contributed by atoms with van der Waals surface area (Å²) in [7, 11) is 0. The van der Waals surface area contributed by atoms with Crippen LogP contribution in [0.15, 0.2) is 12.4 Å². The minimum Gasteiger partial charge on any atom is -0.297 e. The van der Waals surface area contributed by atoms with Gasteiger partial charge in [0.05, 0.1) is 18.3 Å². The van der Waals surface area contributed by atoms with E-state index in [0.29, 0.717) is 29.2 Å². The standard InChI is InChI=1S/C27H39N3OS/c1-26(2)11-18-5-6-19-20(25(18)24(12-26)32-4)9-10-27(3)21(19)7-8-22(27)23(31)16-30-15-17(13-28)14-29-30/h14-15,18-22,24-25H,5-12,16H2,1-4H3/t18-,19?,20+,21+,22-,24?,25+,27+/m1/s1. The molecular formula is C27H39N3OS. The molecule has 0 saturated heterocycles. The largest absolute Gasteiger partial charge is 0.297 e. The van der Waals surface area contributed by atoms with E-state index < -0.39 is 0 Å². The molecule has 0 aromatic carbocycles. The molecule has 8 atom stereocenters. The number of rotatable bonds is 4. The third-order valence-electron chi connectivity index (χ3n) is 10.2. The smallest absolute Gasteiger partial charge is 0.157 e. The van der Waals surface area contributed by atoms with Crippen molar-refractivity contribution in [3.05, 3.63) is 18.0 Å². The summed E-state index contributed by atoms with van der Waals surface area (Å²) in [5.74, 6) is 4.69. The molecule has 4 saturated carbocycles. The van der Waals surface area contributed by atoms with E-state index in [2.05, 4.69) is 50.0 Å². The molecule has 32 heavy (non-hydrogen) atoms. The number of hydrogen-bond acceptors (Lipinski definition) is 4. The number of hydrogen-bond donors (Lipinski definition) is 0. The molecule has 2 unspecified atom stereocenters. The number of aromatic nitrogens is 2. The first kappa shape index (κ1) is 22.5. The molecule has 0 N–H and O–H groups in total. The average molecular weight is 454 g/mol. The Hall–Kier alpha value is -1.28. The van der Waals surface area contributed by atoms with Gasteiger partial charge in [-0.3, -0.25) is 9.48 Å². The molecule has 1 heterocycles. The predicted molar refractivity (Wildman–Crippen MR) is 129 cm³/mol. The summed E-state index contributed by atoms with van der Waals surface area (Å²) < 4.78 is 1.67. The Morgan fingerprint density at radius 2 is 2.00 bits per heavy atom. The van der Waals surface area contributed by atoms with Crippen LogP contribution in [0, 0.1) is 57.7 Å². The van der Waals surface area contributed by atoms with E-state index in [4.69, 9.17) is 5.26 Å². The lowest BCUT2D eigenvalue weighted by Crippen LogP contribution is -2.53. The lowest BCUT2D eigenvalue weighted by molar-refractivity contribution is -0.131. The van der Waals surface area contributed by atoms with Gasteiger partial charge >= 0.3 is 0 Å². The third kappa shape index (κ3) is 3.65. The van der Waals surface area contributed by atoms with E-state index in [1.54, 1.807) is 17.1 Å². The average Bonchev–Trinajstić information content (AvgIpc) is 3.35. The Balaban J connectivity index is 1.33. The highest BCUT2D eigenvalue weighted by Crippen LogP contribution is 2.66. The first-order valence-electron chi connectivity index (χ1n) is 12.7. The molecule has 0 aliphatic heterocycles. The first-order chi connectivity index (χ1) is 15.3. The second-order valence-corrected chi connectivity index (χ2v) is 13.5. The zero-order valence-corrected chi connectivity index (χ0v) is 21.0. The van der Waals surface area contributed by atoms with Crippen molar-refractivity contribution >= 4 is 17.5 Å². The number of Topliss-reactive ketones (excluding diaryl/α,β-unsaturated/α-hetero) is 1. The highest BCUT2D eigenvalue weighted by molar-refractivity contribution is 7.99. The molecule has 4 aliphatic carbocycles. The Morgan fingerprint density at radius 3 is 2.72 bits per heavy atom. The first-order valence-corrected chi connectivity index (χ1v) is 14.0. The highest BCUT2D eigenvalue weighted by atomic mass is 32.2. The molecule has 0 radical (unpaired) electrons. The fraction of sp³-hybridized carbons (Fsp3) is 0.815. The second-order valence-electron chi connectivity index (χ2n) is 12.4. The van der Waals surface area contributed by atoms with Crippen LogP contribution in [-0.2, 0) is 11.3 Å². The predicted octanol–water partition coefficient (Wildman–Crippen LogP) is 5.96. The van der Waals surface area contributed by atoms with Crippen molar-refractivity contribution in [3.63, 3.8) is 0 Å². The van der Waals surface area contributed by atoms with Gasteiger partial charge in [0.1, 0.15) is 6.07 Å². The van der Waals surface area contributed by atoms with Crippen LogP contribution in [0.3, 0.4) is 0 Å². The quantitative estimate of drug-likeness (QED) is 0.564. The maximum absolute atomic E-state index is 13.4. The van der Waals surface area contributed by atoms with Crippen LogP contribution in [0.2, 0.25) is 0 Å². The molecule has 0 spiro atoms. The number of nitriles is 1. The number of nitrogens with zero attached hydrogens (tertiary/aromatic N) is 3. The molecular weight excluding hydrogens is 414 g/mol. The van der Waals surface area contributed by atoms with Crippen LogP contribution in [-0.4, -0.2) is 27.1 Å². The summed E-state index contributed by atoms with van der Waals surface area (Å²) in [5, 5.41) is 14.1. The number of thioether (sulfide) groups is 1. The van der Waals surface area contributed by atoms with Crippen LogP contribution in [0.1, 0.15) is 77.7 Å². The molecule has 4 aliphatic rings. The van der Waals surface area contributed by atoms with Crippen molar-refractivity contribution in [2.75, 3.05) is 6.26 Å². The normalized spacial score (nSPS) is 42.4. The molecule has 174 valence electrons.